The van der Waals surface area contributed by atoms with Gasteiger partial charge in [0.05, 0.1) is 54.9 Å². The molecule has 2 N–H and O–H groups in total. The van der Waals surface area contributed by atoms with Crippen LogP contribution in [0.3, 0.4) is 0 Å². The molecular formula is C29H37F3N6O3S. The molecular weight excluding hydrogens is 569 g/mol. The molecule has 228 valence electrons. The predicted molar refractivity (Wildman–Crippen MR) is 157 cm³/mol. The highest BCUT2D eigenvalue weighted by atomic mass is 32.2. The maximum Gasteiger partial charge on any atom is 0.447 e. The Hall–Kier alpha value is -3.18. The number of carbonyl (C=O) groups excluding carboxylic acids is 1. The molecule has 0 aromatic carbocycles. The van der Waals surface area contributed by atoms with E-state index in [2.05, 4.69) is 39.5 Å². The van der Waals surface area contributed by atoms with E-state index in [4.69, 9.17) is 9.47 Å². The summed E-state index contributed by atoms with van der Waals surface area (Å²) in [7, 11) is 3.67. The number of amides is 1. The average Bonchev–Trinajstić information content (AvgIpc) is 3.56. The second kappa shape index (κ2) is 14.8. The Morgan fingerprint density at radius 1 is 1.24 bits per heavy atom. The first-order chi connectivity index (χ1) is 20.2. The lowest BCUT2D eigenvalue weighted by Crippen LogP contribution is -2.45. The molecule has 0 spiro atoms. The number of piperidine rings is 1. The maximum atomic E-state index is 13.3. The Labute approximate surface area is 248 Å². The van der Waals surface area contributed by atoms with E-state index in [0.29, 0.717) is 55.5 Å². The molecule has 9 nitrogen and oxygen atoms in total. The van der Waals surface area contributed by atoms with Gasteiger partial charge in [0.25, 0.3) is 5.91 Å². The molecule has 1 fully saturated rings. The molecule has 0 radical (unpaired) electrons. The molecule has 1 aliphatic rings. The number of hydrogen-bond acceptors (Lipinski definition) is 7. The van der Waals surface area contributed by atoms with Crippen LogP contribution < -0.4 is 10.6 Å². The summed E-state index contributed by atoms with van der Waals surface area (Å²) in [6.45, 7) is 5.93. The zero-order valence-electron chi connectivity index (χ0n) is 24.0. The normalized spacial score (nSPS) is 17.7. The van der Waals surface area contributed by atoms with E-state index < -0.39 is 5.51 Å². The fourth-order valence-corrected chi connectivity index (χ4v) is 5.79. The number of alkyl halides is 3. The lowest BCUT2D eigenvalue weighted by Gasteiger charge is -2.38. The van der Waals surface area contributed by atoms with Gasteiger partial charge >= 0.3 is 5.51 Å². The molecule has 2 atom stereocenters. The summed E-state index contributed by atoms with van der Waals surface area (Å²) in [6, 6.07) is 5.55. The molecule has 1 amide bonds. The minimum Gasteiger partial charge on any atom is -0.380 e. The summed E-state index contributed by atoms with van der Waals surface area (Å²) in [5.74, 6) is 5.68. The molecule has 0 unspecified atom stereocenters. The number of nitrogens with one attached hydrogen (secondary N) is 2. The highest BCUT2D eigenvalue weighted by Gasteiger charge is 2.33. The number of anilines is 1. The second-order valence-electron chi connectivity index (χ2n) is 10.1. The summed E-state index contributed by atoms with van der Waals surface area (Å²) in [6.07, 6.45) is 6.60. The topological polar surface area (TPSA) is 85.1 Å². The molecule has 0 bridgehead atoms. The van der Waals surface area contributed by atoms with Crippen LogP contribution in [0.4, 0.5) is 18.9 Å². The van der Waals surface area contributed by atoms with Crippen molar-refractivity contribution < 1.29 is 27.4 Å². The predicted octanol–water partition coefficient (Wildman–Crippen LogP) is 4.33. The van der Waals surface area contributed by atoms with Crippen molar-refractivity contribution >= 4 is 28.9 Å². The zero-order chi connectivity index (χ0) is 30.1. The van der Waals surface area contributed by atoms with Gasteiger partial charge in [-0.1, -0.05) is 5.92 Å². The number of hydrogen-bond donors (Lipinski definition) is 2. The third-order valence-corrected chi connectivity index (χ3v) is 7.95. The standard InChI is InChI=1S/C29H37F3N6O3S/c1-4-6-21-17-26-25(7-5-10-38(26)28(21)42-29(30,31)32)35-24-8-11-36(3)19-22(24)9-13-40-15-16-41-14-12-37-20-23(18-34-37)27(39)33-2/h5,7,10,17-18,20,22,24,35H,8-9,11-16,19H2,1-3H3,(H,33,39)/t22-,24-/m0/s1. The Morgan fingerprint density at radius 2 is 2.02 bits per heavy atom. The molecule has 4 rings (SSSR count). The van der Waals surface area contributed by atoms with Crippen molar-refractivity contribution in [2.45, 2.75) is 42.9 Å². The fraction of sp³-hybridized carbons (Fsp3) is 0.517. The molecule has 1 aliphatic heterocycles. The van der Waals surface area contributed by atoms with E-state index in [-0.39, 0.29) is 28.7 Å². The number of pyridine rings is 1. The molecule has 42 heavy (non-hydrogen) atoms. The second-order valence-corrected chi connectivity index (χ2v) is 11.2. The van der Waals surface area contributed by atoms with Gasteiger partial charge in [0.2, 0.25) is 0 Å². The average molecular weight is 607 g/mol. The van der Waals surface area contributed by atoms with Crippen molar-refractivity contribution in [1.29, 1.82) is 0 Å². The molecule has 0 saturated carbocycles. The van der Waals surface area contributed by atoms with Crippen molar-refractivity contribution in [2.75, 3.05) is 58.9 Å². The van der Waals surface area contributed by atoms with Crippen LogP contribution >= 0.6 is 11.8 Å². The van der Waals surface area contributed by atoms with E-state index in [0.717, 1.165) is 31.6 Å². The molecule has 0 aliphatic carbocycles. The van der Waals surface area contributed by atoms with Gasteiger partial charge in [0.1, 0.15) is 5.03 Å². The first-order valence-corrected chi connectivity index (χ1v) is 14.7. The van der Waals surface area contributed by atoms with Gasteiger partial charge in [-0.15, -0.1) is 5.92 Å². The van der Waals surface area contributed by atoms with Gasteiger partial charge in [-0.25, -0.2) is 0 Å². The van der Waals surface area contributed by atoms with Gasteiger partial charge in [-0.2, -0.15) is 18.3 Å². The maximum absolute atomic E-state index is 13.3. The van der Waals surface area contributed by atoms with Crippen molar-refractivity contribution in [2.24, 2.45) is 5.92 Å². The van der Waals surface area contributed by atoms with Gasteiger partial charge in [-0.3, -0.25) is 9.48 Å². The minimum atomic E-state index is -4.41. The van der Waals surface area contributed by atoms with Crippen LogP contribution in [0.1, 0.15) is 35.7 Å². The van der Waals surface area contributed by atoms with Crippen molar-refractivity contribution in [3.63, 3.8) is 0 Å². The van der Waals surface area contributed by atoms with Crippen LogP contribution in [0.15, 0.2) is 41.8 Å². The molecule has 4 heterocycles. The smallest absolute Gasteiger partial charge is 0.380 e. The third-order valence-electron chi connectivity index (χ3n) is 7.11. The quantitative estimate of drug-likeness (QED) is 0.170. The van der Waals surface area contributed by atoms with Crippen LogP contribution in [0.25, 0.3) is 5.52 Å². The Bertz CT molecular complexity index is 1400. The minimum absolute atomic E-state index is 0.0734. The van der Waals surface area contributed by atoms with E-state index in [1.165, 1.54) is 6.20 Å². The van der Waals surface area contributed by atoms with Gasteiger partial charge in [0.15, 0.2) is 0 Å². The number of likely N-dealkylation sites (tertiary alicyclic amines) is 1. The van der Waals surface area contributed by atoms with Crippen LogP contribution in [-0.2, 0) is 16.0 Å². The van der Waals surface area contributed by atoms with E-state index in [1.807, 2.05) is 6.07 Å². The number of halogens is 3. The summed E-state index contributed by atoms with van der Waals surface area (Å²) in [4.78, 5) is 13.9. The highest BCUT2D eigenvalue weighted by molar-refractivity contribution is 8.00. The number of fused-ring (bicyclic) bond motifs is 1. The van der Waals surface area contributed by atoms with Crippen LogP contribution in [0.2, 0.25) is 0 Å². The van der Waals surface area contributed by atoms with Crippen molar-refractivity contribution in [3.8, 4) is 11.8 Å². The highest BCUT2D eigenvalue weighted by Crippen LogP contribution is 2.41. The summed E-state index contributed by atoms with van der Waals surface area (Å²) in [5.41, 5.74) is -2.08. The largest absolute Gasteiger partial charge is 0.447 e. The lowest BCUT2D eigenvalue weighted by atomic mass is 9.89. The van der Waals surface area contributed by atoms with E-state index >= 15 is 0 Å². The Kier molecular flexibility index (Phi) is 11.2. The number of nitrogens with zero attached hydrogens (tertiary/aromatic N) is 4. The van der Waals surface area contributed by atoms with Crippen LogP contribution in [-0.4, -0.2) is 90.2 Å². The first kappa shape index (κ1) is 31.7. The number of ether oxygens (including phenoxy) is 2. The van der Waals surface area contributed by atoms with Crippen LogP contribution in [0, 0.1) is 17.8 Å². The Balaban J connectivity index is 1.28. The molecule has 3 aromatic heterocycles. The van der Waals surface area contributed by atoms with Crippen molar-refractivity contribution in [3.05, 3.63) is 47.9 Å². The van der Waals surface area contributed by atoms with E-state index in [9.17, 15) is 18.0 Å². The molecule has 1 saturated heterocycles. The molecule has 13 heteroatoms. The zero-order valence-corrected chi connectivity index (χ0v) is 24.9. The van der Waals surface area contributed by atoms with Gasteiger partial charge in [-0.05, 0) is 57.5 Å². The monoisotopic (exact) mass is 606 g/mol. The van der Waals surface area contributed by atoms with Crippen molar-refractivity contribution in [1.82, 2.24) is 24.4 Å². The van der Waals surface area contributed by atoms with Gasteiger partial charge < -0.3 is 29.4 Å². The molecule has 3 aromatic rings. The number of aromatic nitrogens is 3. The van der Waals surface area contributed by atoms with Gasteiger partial charge in [0, 0.05) is 50.4 Å². The van der Waals surface area contributed by atoms with E-state index in [1.54, 1.807) is 47.6 Å². The Morgan fingerprint density at radius 3 is 2.76 bits per heavy atom. The lowest BCUT2D eigenvalue weighted by molar-refractivity contribution is -0.0329. The number of carbonyl (C=O) groups is 1. The third kappa shape index (κ3) is 8.67. The summed E-state index contributed by atoms with van der Waals surface area (Å²) in [5, 5.41) is 10.4. The fourth-order valence-electron chi connectivity index (χ4n) is 5.09. The number of rotatable bonds is 13. The number of thioether (sulfide) groups is 1. The SMILES string of the molecule is CC#Cc1cc2c(N[C@H]3CCN(C)C[C@@H]3CCOCCOCCn3cc(C(=O)NC)cn3)cccn2c1SC(F)(F)F. The first-order valence-electron chi connectivity index (χ1n) is 13.9. The summed E-state index contributed by atoms with van der Waals surface area (Å²) < 4.78 is 54.7. The van der Waals surface area contributed by atoms with Crippen LogP contribution in [0.5, 0.6) is 0 Å². The summed E-state index contributed by atoms with van der Waals surface area (Å²) >= 11 is -0.138.